The smallest absolute Gasteiger partial charge is 0.271 e. The Bertz CT molecular complexity index is 1070. The Morgan fingerprint density at radius 1 is 1.11 bits per heavy atom. The Morgan fingerprint density at radius 3 is 2.63 bits per heavy atom. The third-order valence-electron chi connectivity index (χ3n) is 7.96. The van der Waals surface area contributed by atoms with Gasteiger partial charge in [0, 0.05) is 37.3 Å². The number of rotatable bonds is 8. The zero-order valence-electron chi connectivity index (χ0n) is 21.5. The summed E-state index contributed by atoms with van der Waals surface area (Å²) in [7, 11) is 0. The Kier molecular flexibility index (Phi) is 8.68. The van der Waals surface area contributed by atoms with E-state index in [0.717, 1.165) is 74.9 Å². The second kappa shape index (κ2) is 11.9. The molecule has 2 fully saturated rings. The fourth-order valence-electron chi connectivity index (χ4n) is 5.90. The van der Waals surface area contributed by atoms with Gasteiger partial charge in [0.2, 0.25) is 0 Å². The SMILES string of the molecule is C=C(C)c1ccc(CCC2CCCCN2Cc2cc(F)ccc2N2CCB(C#N)CC2)cc1CC. The molecule has 0 spiro atoms. The van der Waals surface area contributed by atoms with Crippen LogP contribution in [-0.4, -0.2) is 37.3 Å². The quantitative estimate of drug-likeness (QED) is 0.397. The highest BCUT2D eigenvalue weighted by atomic mass is 19.1. The number of nitrogens with zero attached hydrogens (tertiary/aromatic N) is 3. The van der Waals surface area contributed by atoms with Crippen LogP contribution in [0.5, 0.6) is 0 Å². The number of hydrogen-bond donors (Lipinski definition) is 0. The molecule has 1 unspecified atom stereocenters. The van der Waals surface area contributed by atoms with Crippen molar-refractivity contribution in [1.29, 1.82) is 5.26 Å². The molecule has 1 atom stereocenters. The molecular weight excluding hydrogens is 432 g/mol. The van der Waals surface area contributed by atoms with Gasteiger partial charge in [0.25, 0.3) is 6.71 Å². The molecule has 0 aliphatic carbocycles. The number of anilines is 1. The van der Waals surface area contributed by atoms with E-state index in [1.807, 2.05) is 6.07 Å². The molecule has 2 heterocycles. The minimum absolute atomic E-state index is 0.152. The summed E-state index contributed by atoms with van der Waals surface area (Å²) in [5, 5.41) is 9.26. The molecule has 184 valence electrons. The first-order chi connectivity index (χ1) is 17.0. The number of allylic oxidation sites excluding steroid dienone is 1. The van der Waals surface area contributed by atoms with E-state index in [9.17, 15) is 9.65 Å². The van der Waals surface area contributed by atoms with Crippen molar-refractivity contribution in [1.82, 2.24) is 4.90 Å². The van der Waals surface area contributed by atoms with E-state index in [-0.39, 0.29) is 12.5 Å². The maximum absolute atomic E-state index is 14.3. The Hall–Kier alpha value is -2.58. The molecule has 2 aliphatic heterocycles. The van der Waals surface area contributed by atoms with E-state index >= 15 is 0 Å². The highest BCUT2D eigenvalue weighted by molar-refractivity contribution is 6.67. The molecule has 0 N–H and O–H groups in total. The minimum Gasteiger partial charge on any atom is -0.373 e. The van der Waals surface area contributed by atoms with Gasteiger partial charge in [-0.2, -0.15) is 0 Å². The number of nitriles is 1. The molecule has 2 aliphatic rings. The molecule has 0 aromatic heterocycles. The van der Waals surface area contributed by atoms with Crippen molar-refractivity contribution < 1.29 is 4.39 Å². The molecule has 0 amide bonds. The molecule has 0 radical (unpaired) electrons. The first-order valence-electron chi connectivity index (χ1n) is 13.4. The summed E-state index contributed by atoms with van der Waals surface area (Å²) in [6.07, 6.45) is 8.71. The lowest BCUT2D eigenvalue weighted by Crippen LogP contribution is -2.40. The van der Waals surface area contributed by atoms with Gasteiger partial charge in [-0.25, -0.2) is 9.65 Å². The van der Waals surface area contributed by atoms with Crippen LogP contribution in [0.2, 0.25) is 12.6 Å². The van der Waals surface area contributed by atoms with Crippen LogP contribution in [-0.2, 0) is 19.4 Å². The average Bonchev–Trinajstić information content (AvgIpc) is 2.88. The molecule has 35 heavy (non-hydrogen) atoms. The van der Waals surface area contributed by atoms with Gasteiger partial charge < -0.3 is 4.90 Å². The van der Waals surface area contributed by atoms with Crippen LogP contribution in [0.15, 0.2) is 43.0 Å². The summed E-state index contributed by atoms with van der Waals surface area (Å²) in [5.74, 6) is 2.26. The molecule has 0 bridgehead atoms. The fraction of sp³-hybridized carbons (Fsp3) is 0.500. The van der Waals surface area contributed by atoms with Crippen LogP contribution < -0.4 is 4.90 Å². The van der Waals surface area contributed by atoms with E-state index in [1.165, 1.54) is 36.0 Å². The van der Waals surface area contributed by atoms with Crippen LogP contribution in [0.1, 0.15) is 61.8 Å². The highest BCUT2D eigenvalue weighted by Gasteiger charge is 2.27. The normalized spacial score (nSPS) is 19.0. The Morgan fingerprint density at radius 2 is 1.91 bits per heavy atom. The van der Waals surface area contributed by atoms with Crippen molar-refractivity contribution in [2.75, 3.05) is 24.5 Å². The van der Waals surface area contributed by atoms with E-state index in [1.54, 1.807) is 12.1 Å². The highest BCUT2D eigenvalue weighted by Crippen LogP contribution is 2.30. The van der Waals surface area contributed by atoms with Crippen LogP contribution in [0, 0.1) is 17.0 Å². The van der Waals surface area contributed by atoms with E-state index < -0.39 is 0 Å². The van der Waals surface area contributed by atoms with Gasteiger partial charge in [-0.1, -0.05) is 43.7 Å². The monoisotopic (exact) mass is 471 g/mol. The van der Waals surface area contributed by atoms with Crippen molar-refractivity contribution in [2.24, 2.45) is 0 Å². The molecule has 4 rings (SSSR count). The second-order valence-corrected chi connectivity index (χ2v) is 10.4. The molecule has 0 saturated carbocycles. The third kappa shape index (κ3) is 6.36. The second-order valence-electron chi connectivity index (χ2n) is 10.4. The van der Waals surface area contributed by atoms with E-state index in [4.69, 9.17) is 0 Å². The van der Waals surface area contributed by atoms with Gasteiger partial charge in [-0.3, -0.25) is 4.90 Å². The fourth-order valence-corrected chi connectivity index (χ4v) is 5.90. The van der Waals surface area contributed by atoms with E-state index in [2.05, 4.69) is 54.4 Å². The van der Waals surface area contributed by atoms with E-state index in [0.29, 0.717) is 6.04 Å². The maximum Gasteiger partial charge on any atom is 0.271 e. The first kappa shape index (κ1) is 25.5. The maximum atomic E-state index is 14.3. The Labute approximate surface area is 211 Å². The van der Waals surface area contributed by atoms with Crippen LogP contribution in [0.3, 0.4) is 0 Å². The Balaban J connectivity index is 1.46. The number of likely N-dealkylation sites (tertiary alicyclic amines) is 1. The molecule has 2 saturated heterocycles. The van der Waals surface area contributed by atoms with Gasteiger partial charge in [0.1, 0.15) is 5.82 Å². The number of benzene rings is 2. The van der Waals surface area contributed by atoms with Crippen molar-refractivity contribution in [2.45, 2.75) is 77.6 Å². The lowest BCUT2D eigenvalue weighted by molar-refractivity contribution is 0.132. The van der Waals surface area contributed by atoms with Gasteiger partial charge >= 0.3 is 0 Å². The van der Waals surface area contributed by atoms with Gasteiger partial charge in [0.05, 0.1) is 0 Å². The standard InChI is InChI=1S/C30H39BFN3/c1-4-25-19-24(9-12-29(25)23(2)3)8-11-28-7-5-6-16-35(28)21-26-20-27(32)10-13-30(26)34-17-14-31(22-33)15-18-34/h9-10,12-13,19-20,28H,2,4-8,11,14-18,21H2,1,3H3. The van der Waals surface area contributed by atoms with Gasteiger partial charge in [0.15, 0.2) is 0 Å². The first-order valence-corrected chi connectivity index (χ1v) is 13.4. The number of aryl methyl sites for hydroxylation is 2. The molecule has 5 heteroatoms. The molecule has 2 aromatic carbocycles. The molecule has 2 aromatic rings. The predicted octanol–water partition coefficient (Wildman–Crippen LogP) is 6.79. The van der Waals surface area contributed by atoms with Crippen molar-refractivity contribution in [3.8, 4) is 5.97 Å². The summed E-state index contributed by atoms with van der Waals surface area (Å²) >= 11 is 0. The van der Waals surface area contributed by atoms with Crippen LogP contribution >= 0.6 is 0 Å². The summed E-state index contributed by atoms with van der Waals surface area (Å²) in [4.78, 5) is 4.95. The number of halogens is 1. The summed E-state index contributed by atoms with van der Waals surface area (Å²) in [6.45, 7) is 12.2. The third-order valence-corrected chi connectivity index (χ3v) is 7.96. The predicted molar refractivity (Wildman–Crippen MR) is 146 cm³/mol. The van der Waals surface area contributed by atoms with Crippen molar-refractivity contribution >= 4 is 18.0 Å². The van der Waals surface area contributed by atoms with Crippen LogP contribution in [0.25, 0.3) is 5.57 Å². The average molecular weight is 471 g/mol. The number of piperidine rings is 1. The topological polar surface area (TPSA) is 30.3 Å². The lowest BCUT2D eigenvalue weighted by Gasteiger charge is -2.38. The zero-order valence-corrected chi connectivity index (χ0v) is 21.5. The van der Waals surface area contributed by atoms with Gasteiger partial charge in [-0.05, 0) is 98.7 Å². The summed E-state index contributed by atoms with van der Waals surface area (Å²) in [5.41, 5.74) is 7.45. The van der Waals surface area contributed by atoms with Crippen molar-refractivity contribution in [3.63, 3.8) is 0 Å². The van der Waals surface area contributed by atoms with Gasteiger partial charge in [-0.15, -0.1) is 0 Å². The lowest BCUT2D eigenvalue weighted by atomic mass is 9.45. The largest absolute Gasteiger partial charge is 0.373 e. The molecular formula is C30H39BFN3. The zero-order chi connectivity index (χ0) is 24.8. The van der Waals surface area contributed by atoms with Crippen LogP contribution in [0.4, 0.5) is 10.1 Å². The van der Waals surface area contributed by atoms with Crippen molar-refractivity contribution in [3.05, 3.63) is 71.0 Å². The molecule has 3 nitrogen and oxygen atoms in total. The minimum atomic E-state index is -0.158. The number of hydrogen-bond acceptors (Lipinski definition) is 3. The summed E-state index contributed by atoms with van der Waals surface area (Å²) < 4.78 is 14.3. The summed E-state index contributed by atoms with van der Waals surface area (Å²) in [6, 6.07) is 12.7.